The van der Waals surface area contributed by atoms with E-state index in [0.717, 1.165) is 28.0 Å². The van der Waals surface area contributed by atoms with Gasteiger partial charge in [-0.3, -0.25) is 0 Å². The maximum absolute atomic E-state index is 5.58. The van der Waals surface area contributed by atoms with E-state index in [-0.39, 0.29) is 0 Å². The summed E-state index contributed by atoms with van der Waals surface area (Å²) in [5, 5.41) is 13.0. The zero-order chi connectivity index (χ0) is 14.7. The molecule has 3 rings (SSSR count). The molecule has 0 aliphatic carbocycles. The summed E-state index contributed by atoms with van der Waals surface area (Å²) in [7, 11) is 1.90. The second-order valence-corrected chi connectivity index (χ2v) is 5.44. The van der Waals surface area contributed by atoms with Gasteiger partial charge in [-0.1, -0.05) is 47.3 Å². The molecule has 0 atom stereocenters. The molecule has 0 radical (unpaired) electrons. The first-order chi connectivity index (χ1) is 10.3. The molecule has 3 aromatic rings. The third-order valence-electron chi connectivity index (χ3n) is 3.08. The Balaban J connectivity index is 1.69. The van der Waals surface area contributed by atoms with Gasteiger partial charge in [-0.05, 0) is 0 Å². The van der Waals surface area contributed by atoms with Crippen molar-refractivity contribution in [3.63, 3.8) is 0 Å². The Morgan fingerprint density at radius 1 is 1.24 bits per heavy atom. The zero-order valence-corrected chi connectivity index (χ0v) is 12.4. The van der Waals surface area contributed by atoms with Gasteiger partial charge in [-0.2, -0.15) is 0 Å². The van der Waals surface area contributed by atoms with Gasteiger partial charge in [0.2, 0.25) is 0 Å². The van der Waals surface area contributed by atoms with E-state index in [2.05, 4.69) is 15.4 Å². The van der Waals surface area contributed by atoms with E-state index in [9.17, 15) is 0 Å². The third-order valence-corrected chi connectivity index (χ3v) is 4.12. The van der Waals surface area contributed by atoms with E-state index in [0.29, 0.717) is 12.3 Å². The Morgan fingerprint density at radius 3 is 2.76 bits per heavy atom. The Labute approximate surface area is 126 Å². The fraction of sp³-hybridized carbons (Fsp3) is 0.214. The highest BCUT2D eigenvalue weighted by Gasteiger charge is 2.11. The molecule has 0 saturated heterocycles. The normalized spacial score (nSPS) is 11.0. The molecule has 0 saturated carbocycles. The minimum atomic E-state index is 0.379. The number of thioether (sulfide) groups is 1. The second-order valence-electron chi connectivity index (χ2n) is 4.50. The fourth-order valence-corrected chi connectivity index (χ4v) is 2.72. The van der Waals surface area contributed by atoms with E-state index < -0.39 is 0 Å². The van der Waals surface area contributed by atoms with Crippen LogP contribution in [0.2, 0.25) is 0 Å². The molecule has 1 aromatic carbocycles. The summed E-state index contributed by atoms with van der Waals surface area (Å²) in [5.41, 5.74) is 7.46. The van der Waals surface area contributed by atoms with Crippen LogP contribution >= 0.6 is 11.8 Å². The summed E-state index contributed by atoms with van der Waals surface area (Å²) >= 11 is 1.54. The van der Waals surface area contributed by atoms with Crippen LogP contribution in [0.3, 0.4) is 0 Å². The highest BCUT2D eigenvalue weighted by Crippen LogP contribution is 2.24. The molecule has 2 heterocycles. The van der Waals surface area contributed by atoms with E-state index in [1.165, 1.54) is 0 Å². The highest BCUT2D eigenvalue weighted by atomic mass is 32.2. The number of nitrogens with two attached hydrogens (primary N) is 1. The van der Waals surface area contributed by atoms with Gasteiger partial charge < -0.3 is 14.8 Å². The summed E-state index contributed by atoms with van der Waals surface area (Å²) in [6.07, 6.45) is 0. The fourth-order valence-electron chi connectivity index (χ4n) is 1.91. The van der Waals surface area contributed by atoms with Crippen LogP contribution in [-0.2, 0) is 19.3 Å². The number of aromatic nitrogens is 4. The number of benzene rings is 1. The molecule has 0 amide bonds. The molecule has 0 bridgehead atoms. The van der Waals surface area contributed by atoms with Gasteiger partial charge >= 0.3 is 0 Å². The van der Waals surface area contributed by atoms with Gasteiger partial charge in [0.1, 0.15) is 17.3 Å². The average Bonchev–Trinajstić information content (AvgIpc) is 3.13. The summed E-state index contributed by atoms with van der Waals surface area (Å²) in [5.74, 6) is 2.22. The van der Waals surface area contributed by atoms with Crippen molar-refractivity contribution in [3.8, 4) is 11.3 Å². The first-order valence-corrected chi connectivity index (χ1v) is 7.48. The van der Waals surface area contributed by atoms with Crippen LogP contribution < -0.4 is 5.73 Å². The van der Waals surface area contributed by atoms with Crippen LogP contribution in [0.4, 0.5) is 0 Å². The van der Waals surface area contributed by atoms with Gasteiger partial charge in [-0.15, -0.1) is 10.2 Å². The lowest BCUT2D eigenvalue weighted by atomic mass is 10.1. The standard InChI is InChI=1S/C14H15N5OS/c1-19-13(8-15)16-17-14(19)21-9-11-7-12(18-20-11)10-5-3-2-4-6-10/h2-7H,8-9,15H2,1H3. The molecule has 6 nitrogen and oxygen atoms in total. The number of hydrogen-bond donors (Lipinski definition) is 1. The topological polar surface area (TPSA) is 82.8 Å². The molecule has 0 aliphatic rings. The Kier molecular flexibility index (Phi) is 4.03. The first-order valence-electron chi connectivity index (χ1n) is 6.50. The van der Waals surface area contributed by atoms with Crippen molar-refractivity contribution in [3.05, 3.63) is 48.0 Å². The maximum Gasteiger partial charge on any atom is 0.191 e. The summed E-state index contributed by atoms with van der Waals surface area (Å²) in [4.78, 5) is 0. The summed E-state index contributed by atoms with van der Waals surface area (Å²) in [6, 6.07) is 11.9. The lowest BCUT2D eigenvalue weighted by molar-refractivity contribution is 0.397. The van der Waals surface area contributed by atoms with Crippen molar-refractivity contribution in [2.24, 2.45) is 12.8 Å². The Bertz CT molecular complexity index is 722. The van der Waals surface area contributed by atoms with E-state index in [1.807, 2.05) is 48.0 Å². The SMILES string of the molecule is Cn1c(CN)nnc1SCc1cc(-c2ccccc2)no1. The maximum atomic E-state index is 5.58. The van der Waals surface area contributed by atoms with Crippen LogP contribution in [0.25, 0.3) is 11.3 Å². The van der Waals surface area contributed by atoms with Gasteiger partial charge in [0, 0.05) is 18.7 Å². The van der Waals surface area contributed by atoms with Crippen LogP contribution in [0, 0.1) is 0 Å². The van der Waals surface area contributed by atoms with E-state index in [4.69, 9.17) is 10.3 Å². The van der Waals surface area contributed by atoms with Gasteiger partial charge in [-0.25, -0.2) is 0 Å². The third kappa shape index (κ3) is 2.98. The van der Waals surface area contributed by atoms with Crippen LogP contribution in [0.1, 0.15) is 11.6 Å². The zero-order valence-electron chi connectivity index (χ0n) is 11.6. The van der Waals surface area contributed by atoms with Crippen LogP contribution in [-0.4, -0.2) is 19.9 Å². The molecule has 2 N–H and O–H groups in total. The van der Waals surface area contributed by atoms with E-state index >= 15 is 0 Å². The van der Waals surface area contributed by atoms with Crippen LogP contribution in [0.15, 0.2) is 46.1 Å². The molecular formula is C14H15N5OS. The quantitative estimate of drug-likeness (QED) is 0.728. The predicted octanol–water partition coefficient (Wildman–Crippen LogP) is 2.22. The van der Waals surface area contributed by atoms with Crippen LogP contribution in [0.5, 0.6) is 0 Å². The first kappa shape index (κ1) is 13.8. The van der Waals surface area contributed by atoms with Crippen molar-refractivity contribution in [2.45, 2.75) is 17.5 Å². The highest BCUT2D eigenvalue weighted by molar-refractivity contribution is 7.98. The van der Waals surface area contributed by atoms with Crippen molar-refractivity contribution < 1.29 is 4.52 Å². The lowest BCUT2D eigenvalue weighted by Gasteiger charge is -1.99. The van der Waals surface area contributed by atoms with Gasteiger partial charge in [0.15, 0.2) is 5.16 Å². The monoisotopic (exact) mass is 301 g/mol. The summed E-state index contributed by atoms with van der Waals surface area (Å²) < 4.78 is 7.25. The second kappa shape index (κ2) is 6.11. The molecular weight excluding hydrogens is 286 g/mol. The minimum absolute atomic E-state index is 0.379. The summed E-state index contributed by atoms with van der Waals surface area (Å²) in [6.45, 7) is 0.379. The molecule has 0 fully saturated rings. The Hall–Kier alpha value is -2.12. The minimum Gasteiger partial charge on any atom is -0.360 e. The lowest BCUT2D eigenvalue weighted by Crippen LogP contribution is -2.05. The molecule has 0 spiro atoms. The molecule has 2 aromatic heterocycles. The predicted molar refractivity (Wildman–Crippen MR) is 80.4 cm³/mol. The number of nitrogens with zero attached hydrogens (tertiary/aromatic N) is 4. The van der Waals surface area contributed by atoms with Crippen molar-refractivity contribution in [2.75, 3.05) is 0 Å². The van der Waals surface area contributed by atoms with Crippen molar-refractivity contribution >= 4 is 11.8 Å². The number of rotatable bonds is 5. The van der Waals surface area contributed by atoms with E-state index in [1.54, 1.807) is 11.8 Å². The molecule has 7 heteroatoms. The van der Waals surface area contributed by atoms with Crippen molar-refractivity contribution in [1.82, 2.24) is 19.9 Å². The Morgan fingerprint density at radius 2 is 2.05 bits per heavy atom. The molecule has 0 unspecified atom stereocenters. The largest absolute Gasteiger partial charge is 0.360 e. The smallest absolute Gasteiger partial charge is 0.191 e. The molecule has 0 aliphatic heterocycles. The molecule has 21 heavy (non-hydrogen) atoms. The van der Waals surface area contributed by atoms with Gasteiger partial charge in [0.05, 0.1) is 12.3 Å². The molecule has 108 valence electrons. The van der Waals surface area contributed by atoms with Crippen molar-refractivity contribution in [1.29, 1.82) is 0 Å². The average molecular weight is 301 g/mol. The number of hydrogen-bond acceptors (Lipinski definition) is 6. The van der Waals surface area contributed by atoms with Gasteiger partial charge in [0.25, 0.3) is 0 Å².